The number of phenols is 1. The number of anilines is 1. The fourth-order valence-electron chi connectivity index (χ4n) is 1.64. The maximum atomic E-state index is 11.6. The SMILES string of the molecule is Nc1nnnn1CC(=O)NN=Cc1cc([N+](=O)[O-])cc([N+](=O)[O-])c1O. The Morgan fingerprint density at radius 3 is 2.68 bits per heavy atom. The fourth-order valence-corrected chi connectivity index (χ4v) is 1.64. The number of phenolic OH excluding ortho intramolecular Hbond substituents is 1. The van der Waals surface area contributed by atoms with E-state index in [9.17, 15) is 30.1 Å². The molecular formula is C10H9N9O6. The number of nitro groups is 2. The van der Waals surface area contributed by atoms with Crippen molar-refractivity contribution in [2.45, 2.75) is 6.54 Å². The summed E-state index contributed by atoms with van der Waals surface area (Å²) in [5.74, 6) is -1.64. The standard InChI is InChI=1S/C10H9N9O6/c11-10-14-15-16-17(10)4-8(20)13-12-3-5-1-6(18(22)23)2-7(9(5)21)19(24)25/h1-3,21H,4H2,(H,13,20)(H2,11,14,16). The van der Waals surface area contributed by atoms with Gasteiger partial charge < -0.3 is 10.8 Å². The highest BCUT2D eigenvalue weighted by Crippen LogP contribution is 2.33. The van der Waals surface area contributed by atoms with Gasteiger partial charge in [0.05, 0.1) is 27.7 Å². The Morgan fingerprint density at radius 2 is 2.12 bits per heavy atom. The van der Waals surface area contributed by atoms with E-state index in [1.165, 1.54) is 0 Å². The molecule has 1 amide bonds. The Labute approximate surface area is 137 Å². The number of hydrogen-bond acceptors (Lipinski definition) is 11. The lowest BCUT2D eigenvalue weighted by molar-refractivity contribution is -0.394. The Balaban J connectivity index is 2.17. The van der Waals surface area contributed by atoms with E-state index in [4.69, 9.17) is 5.73 Å². The number of tetrazole rings is 1. The summed E-state index contributed by atoms with van der Waals surface area (Å²) in [6.07, 6.45) is 0.816. The van der Waals surface area contributed by atoms with Crippen LogP contribution in [0.15, 0.2) is 17.2 Å². The zero-order valence-electron chi connectivity index (χ0n) is 12.1. The van der Waals surface area contributed by atoms with Crippen LogP contribution in [0.2, 0.25) is 0 Å². The number of nitrogen functional groups attached to an aromatic ring is 1. The molecule has 0 radical (unpaired) electrons. The van der Waals surface area contributed by atoms with Crippen molar-refractivity contribution in [3.8, 4) is 5.75 Å². The van der Waals surface area contributed by atoms with Gasteiger partial charge in [0.25, 0.3) is 11.6 Å². The van der Waals surface area contributed by atoms with Crippen molar-refractivity contribution in [3.05, 3.63) is 37.9 Å². The van der Waals surface area contributed by atoms with Crippen molar-refractivity contribution in [1.29, 1.82) is 0 Å². The monoisotopic (exact) mass is 351 g/mol. The Kier molecular flexibility index (Phi) is 4.77. The van der Waals surface area contributed by atoms with Gasteiger partial charge in [-0.25, -0.2) is 10.1 Å². The molecule has 0 bridgehead atoms. The quantitative estimate of drug-likeness (QED) is 0.325. The third-order valence-electron chi connectivity index (χ3n) is 2.76. The average molecular weight is 351 g/mol. The number of carbonyl (C=O) groups excluding carboxylic acids is 1. The molecule has 130 valence electrons. The van der Waals surface area contributed by atoms with Gasteiger partial charge in [-0.3, -0.25) is 25.0 Å². The minimum atomic E-state index is -0.987. The van der Waals surface area contributed by atoms with Crippen molar-refractivity contribution < 1.29 is 19.7 Å². The van der Waals surface area contributed by atoms with E-state index in [1.807, 2.05) is 5.43 Å². The zero-order valence-corrected chi connectivity index (χ0v) is 12.1. The predicted molar refractivity (Wildman–Crippen MR) is 79.4 cm³/mol. The molecule has 0 fully saturated rings. The largest absolute Gasteiger partial charge is 0.502 e. The molecule has 0 aliphatic heterocycles. The molecule has 0 unspecified atom stereocenters. The number of hydrogen-bond donors (Lipinski definition) is 3. The third kappa shape index (κ3) is 3.97. The van der Waals surface area contributed by atoms with Gasteiger partial charge in [-0.15, -0.1) is 0 Å². The number of benzene rings is 1. The number of nitrogens with two attached hydrogens (primary N) is 1. The molecule has 1 heterocycles. The average Bonchev–Trinajstić information content (AvgIpc) is 2.93. The molecular weight excluding hydrogens is 342 g/mol. The summed E-state index contributed by atoms with van der Waals surface area (Å²) >= 11 is 0. The van der Waals surface area contributed by atoms with E-state index in [0.717, 1.165) is 17.0 Å². The van der Waals surface area contributed by atoms with Crippen LogP contribution in [-0.2, 0) is 11.3 Å². The second kappa shape index (κ2) is 6.94. The van der Waals surface area contributed by atoms with Crippen molar-refractivity contribution in [2.75, 3.05) is 5.73 Å². The lowest BCUT2D eigenvalue weighted by Crippen LogP contribution is -2.24. The molecule has 2 rings (SSSR count). The van der Waals surface area contributed by atoms with Crippen molar-refractivity contribution in [3.63, 3.8) is 0 Å². The number of rotatable bonds is 6. The molecule has 2 aromatic rings. The summed E-state index contributed by atoms with van der Waals surface area (Å²) in [5.41, 5.74) is 5.57. The Morgan fingerprint density at radius 1 is 1.40 bits per heavy atom. The van der Waals surface area contributed by atoms with Crippen LogP contribution < -0.4 is 11.2 Å². The molecule has 4 N–H and O–H groups in total. The van der Waals surface area contributed by atoms with Gasteiger partial charge in [-0.05, 0) is 10.4 Å². The number of non-ortho nitro benzene ring substituents is 1. The topological polar surface area (TPSA) is 218 Å². The minimum Gasteiger partial charge on any atom is -0.502 e. The number of hydrazone groups is 1. The number of carbonyl (C=O) groups is 1. The number of amides is 1. The maximum absolute atomic E-state index is 11.6. The van der Waals surface area contributed by atoms with Crippen LogP contribution in [-0.4, -0.2) is 47.3 Å². The molecule has 1 aromatic heterocycles. The molecule has 15 heteroatoms. The first kappa shape index (κ1) is 17.2. The summed E-state index contributed by atoms with van der Waals surface area (Å²) in [5, 5.41) is 44.8. The molecule has 0 saturated heterocycles. The molecule has 0 spiro atoms. The van der Waals surface area contributed by atoms with Gasteiger partial charge in [-0.1, -0.05) is 5.10 Å². The van der Waals surface area contributed by atoms with Crippen molar-refractivity contribution >= 4 is 29.4 Å². The number of aromatic nitrogens is 4. The van der Waals surface area contributed by atoms with E-state index in [-0.39, 0.29) is 18.1 Å². The molecule has 0 aliphatic carbocycles. The highest BCUT2D eigenvalue weighted by atomic mass is 16.6. The van der Waals surface area contributed by atoms with Gasteiger partial charge in [0.15, 0.2) is 0 Å². The Hall–Kier alpha value is -4.17. The van der Waals surface area contributed by atoms with Gasteiger partial charge in [-0.2, -0.15) is 5.10 Å². The lowest BCUT2D eigenvalue weighted by Gasteiger charge is -2.02. The summed E-state index contributed by atoms with van der Waals surface area (Å²) in [6, 6.07) is 1.46. The summed E-state index contributed by atoms with van der Waals surface area (Å²) < 4.78 is 0.973. The van der Waals surface area contributed by atoms with Gasteiger partial charge in [0.1, 0.15) is 6.54 Å². The fraction of sp³-hybridized carbons (Fsp3) is 0.100. The van der Waals surface area contributed by atoms with E-state index < -0.39 is 32.9 Å². The first-order valence-corrected chi connectivity index (χ1v) is 6.29. The summed E-state index contributed by atoms with van der Waals surface area (Å²) in [6.45, 7) is -0.364. The highest BCUT2D eigenvalue weighted by Gasteiger charge is 2.23. The van der Waals surface area contributed by atoms with Gasteiger partial charge in [0.2, 0.25) is 11.7 Å². The van der Waals surface area contributed by atoms with Crippen molar-refractivity contribution in [2.24, 2.45) is 5.10 Å². The van der Waals surface area contributed by atoms with Crippen LogP contribution >= 0.6 is 0 Å². The number of nitrogens with zero attached hydrogens (tertiary/aromatic N) is 7. The first-order chi connectivity index (χ1) is 11.8. The summed E-state index contributed by atoms with van der Waals surface area (Å²) in [4.78, 5) is 31.4. The van der Waals surface area contributed by atoms with Gasteiger partial charge in [0, 0.05) is 6.07 Å². The Bertz CT molecular complexity index is 876. The van der Waals surface area contributed by atoms with Gasteiger partial charge >= 0.3 is 5.69 Å². The number of nitro benzene ring substituents is 2. The number of nitrogens with one attached hydrogen (secondary N) is 1. The van der Waals surface area contributed by atoms with E-state index in [0.29, 0.717) is 6.07 Å². The molecule has 0 atom stereocenters. The van der Waals surface area contributed by atoms with Crippen LogP contribution in [0.4, 0.5) is 17.3 Å². The lowest BCUT2D eigenvalue weighted by atomic mass is 10.1. The number of aromatic hydroxyl groups is 1. The molecule has 25 heavy (non-hydrogen) atoms. The molecule has 1 aromatic carbocycles. The molecule has 15 nitrogen and oxygen atoms in total. The normalized spacial score (nSPS) is 10.7. The highest BCUT2D eigenvalue weighted by molar-refractivity contribution is 5.88. The minimum absolute atomic E-state index is 0.105. The summed E-state index contributed by atoms with van der Waals surface area (Å²) in [7, 11) is 0. The van der Waals surface area contributed by atoms with E-state index in [1.54, 1.807) is 0 Å². The smallest absolute Gasteiger partial charge is 0.318 e. The van der Waals surface area contributed by atoms with E-state index >= 15 is 0 Å². The second-order valence-corrected chi connectivity index (χ2v) is 4.40. The van der Waals surface area contributed by atoms with Crippen LogP contribution in [0, 0.1) is 20.2 Å². The van der Waals surface area contributed by atoms with E-state index in [2.05, 4.69) is 20.6 Å². The maximum Gasteiger partial charge on any atom is 0.318 e. The molecule has 0 saturated carbocycles. The van der Waals surface area contributed by atoms with Crippen LogP contribution in [0.25, 0.3) is 0 Å². The van der Waals surface area contributed by atoms with Crippen molar-refractivity contribution in [1.82, 2.24) is 25.6 Å². The first-order valence-electron chi connectivity index (χ1n) is 6.29. The predicted octanol–water partition coefficient (Wildman–Crippen LogP) is -1.07. The van der Waals surface area contributed by atoms with Crippen LogP contribution in [0.3, 0.4) is 0 Å². The third-order valence-corrected chi connectivity index (χ3v) is 2.76. The van der Waals surface area contributed by atoms with Crippen LogP contribution in [0.1, 0.15) is 5.56 Å². The van der Waals surface area contributed by atoms with Crippen LogP contribution in [0.5, 0.6) is 5.75 Å². The molecule has 0 aliphatic rings. The zero-order chi connectivity index (χ0) is 18.6. The second-order valence-electron chi connectivity index (χ2n) is 4.40.